The summed E-state index contributed by atoms with van der Waals surface area (Å²) in [6, 6.07) is 18.2. The van der Waals surface area contributed by atoms with Gasteiger partial charge in [0.15, 0.2) is 0 Å². The lowest BCUT2D eigenvalue weighted by molar-refractivity contribution is 0.109. The minimum absolute atomic E-state index is 0.358. The number of anilines is 1. The van der Waals surface area contributed by atoms with Gasteiger partial charge in [-0.2, -0.15) is 0 Å². The van der Waals surface area contributed by atoms with E-state index in [4.69, 9.17) is 16.6 Å². The number of aliphatic hydroxyl groups excluding tert-OH is 1. The van der Waals surface area contributed by atoms with Crippen LogP contribution in [0.3, 0.4) is 0 Å². The van der Waals surface area contributed by atoms with Gasteiger partial charge in [-0.25, -0.2) is 9.97 Å². The lowest BCUT2D eigenvalue weighted by atomic mass is 10.0. The quantitative estimate of drug-likeness (QED) is 0.588. The van der Waals surface area contributed by atoms with E-state index < -0.39 is 0 Å². The Labute approximate surface area is 195 Å². The smallest absolute Gasteiger partial charge is 0.136 e. The summed E-state index contributed by atoms with van der Waals surface area (Å²) < 4.78 is 0. The number of aliphatic hydroxyl groups is 1. The largest absolute Gasteiger partial charge is 0.391 e. The Morgan fingerprint density at radius 1 is 0.938 bits per heavy atom. The van der Waals surface area contributed by atoms with Crippen LogP contribution in [0, 0.1) is 13.8 Å². The summed E-state index contributed by atoms with van der Waals surface area (Å²) in [7, 11) is 0. The molecule has 1 aliphatic heterocycles. The van der Waals surface area contributed by atoms with Crippen LogP contribution in [0.5, 0.6) is 0 Å². The lowest BCUT2D eigenvalue weighted by Crippen LogP contribution is -2.49. The number of piperazine rings is 1. The monoisotopic (exact) mass is 450 g/mol. The summed E-state index contributed by atoms with van der Waals surface area (Å²) >= 11 is 6.44. The van der Waals surface area contributed by atoms with E-state index in [-0.39, 0.29) is 6.10 Å². The number of rotatable bonds is 7. The van der Waals surface area contributed by atoms with Crippen molar-refractivity contribution < 1.29 is 5.11 Å². The van der Waals surface area contributed by atoms with Crippen molar-refractivity contribution in [1.29, 1.82) is 0 Å². The first kappa shape index (κ1) is 22.7. The van der Waals surface area contributed by atoms with Crippen LogP contribution in [0.15, 0.2) is 54.6 Å². The van der Waals surface area contributed by atoms with E-state index in [1.807, 2.05) is 43.3 Å². The molecule has 168 valence electrons. The molecule has 1 unspecified atom stereocenters. The van der Waals surface area contributed by atoms with Crippen molar-refractivity contribution in [2.75, 3.05) is 37.6 Å². The molecule has 2 heterocycles. The highest BCUT2D eigenvalue weighted by Crippen LogP contribution is 2.27. The molecule has 0 radical (unpaired) electrons. The second-order valence-corrected chi connectivity index (χ2v) is 8.96. The van der Waals surface area contributed by atoms with E-state index >= 15 is 0 Å². The van der Waals surface area contributed by atoms with Crippen LogP contribution in [0.4, 0.5) is 5.82 Å². The van der Waals surface area contributed by atoms with E-state index in [0.717, 1.165) is 66.1 Å². The molecular weight excluding hydrogens is 420 g/mol. The zero-order valence-corrected chi connectivity index (χ0v) is 19.6. The predicted molar refractivity (Wildman–Crippen MR) is 131 cm³/mol. The maximum atomic E-state index is 10.6. The molecule has 0 spiro atoms. The first-order chi connectivity index (χ1) is 15.5. The fourth-order valence-electron chi connectivity index (χ4n) is 4.41. The summed E-state index contributed by atoms with van der Waals surface area (Å²) in [5.41, 5.74) is 4.41. The first-order valence-corrected chi connectivity index (χ1v) is 11.6. The highest BCUT2D eigenvalue weighted by Gasteiger charge is 2.24. The molecule has 1 saturated heterocycles. The maximum absolute atomic E-state index is 10.6. The van der Waals surface area contributed by atoms with E-state index in [9.17, 15) is 5.11 Å². The van der Waals surface area contributed by atoms with Gasteiger partial charge in [0, 0.05) is 55.4 Å². The predicted octanol–water partition coefficient (Wildman–Crippen LogP) is 4.06. The normalized spacial score (nSPS) is 15.7. The summed E-state index contributed by atoms with van der Waals surface area (Å²) in [5.74, 6) is 1.81. The molecule has 0 aliphatic carbocycles. The second kappa shape index (κ2) is 10.4. The number of β-amino-alcohol motifs (C(OH)–C–C–N with tert-alkyl or cyclic N) is 1. The van der Waals surface area contributed by atoms with Crippen LogP contribution in [-0.2, 0) is 12.8 Å². The fourth-order valence-corrected chi connectivity index (χ4v) is 4.61. The van der Waals surface area contributed by atoms with Gasteiger partial charge in [0.1, 0.15) is 11.6 Å². The molecule has 1 aliphatic rings. The zero-order valence-electron chi connectivity index (χ0n) is 18.8. The van der Waals surface area contributed by atoms with Crippen molar-refractivity contribution in [2.24, 2.45) is 0 Å². The molecule has 6 heteroatoms. The Balaban J connectivity index is 1.42. The topological polar surface area (TPSA) is 52.5 Å². The zero-order chi connectivity index (χ0) is 22.5. The molecule has 5 nitrogen and oxygen atoms in total. The van der Waals surface area contributed by atoms with Gasteiger partial charge in [-0.15, -0.1) is 0 Å². The van der Waals surface area contributed by atoms with Gasteiger partial charge >= 0.3 is 0 Å². The van der Waals surface area contributed by atoms with Crippen LogP contribution < -0.4 is 4.90 Å². The van der Waals surface area contributed by atoms with Crippen molar-refractivity contribution in [1.82, 2.24) is 14.9 Å². The van der Waals surface area contributed by atoms with Crippen molar-refractivity contribution >= 4 is 17.4 Å². The number of aromatic nitrogens is 2. The lowest BCUT2D eigenvalue weighted by Gasteiger charge is -2.37. The number of nitrogens with zero attached hydrogens (tertiary/aromatic N) is 4. The fraction of sp³-hybridized carbons (Fsp3) is 0.385. The highest BCUT2D eigenvalue weighted by molar-refractivity contribution is 6.31. The molecule has 0 bridgehead atoms. The number of hydrogen-bond donors (Lipinski definition) is 1. The van der Waals surface area contributed by atoms with Gasteiger partial charge in [0.2, 0.25) is 0 Å². The molecule has 3 aromatic rings. The number of benzene rings is 2. The standard InChI is InChI=1S/C26H31ClN4O/c1-19-24(17-22-10-6-7-11-25(22)27)26(29-20(2)28-19)31-14-12-30(13-15-31)18-23(32)16-21-8-4-3-5-9-21/h3-11,23,32H,12-18H2,1-2H3. The van der Waals surface area contributed by atoms with Gasteiger partial charge < -0.3 is 10.0 Å². The SMILES string of the molecule is Cc1nc(C)c(Cc2ccccc2Cl)c(N2CCN(CC(O)Cc3ccccc3)CC2)n1. The molecular formula is C26H31ClN4O. The summed E-state index contributed by atoms with van der Waals surface area (Å²) in [6.45, 7) is 8.26. The van der Waals surface area contributed by atoms with Crippen molar-refractivity contribution in [3.63, 3.8) is 0 Å². The maximum Gasteiger partial charge on any atom is 0.136 e. The molecule has 32 heavy (non-hydrogen) atoms. The summed E-state index contributed by atoms with van der Waals surface area (Å²) in [6.07, 6.45) is 1.05. The molecule has 1 aromatic heterocycles. The van der Waals surface area contributed by atoms with E-state index in [1.54, 1.807) is 0 Å². The molecule has 4 rings (SSSR count). The van der Waals surface area contributed by atoms with Crippen molar-refractivity contribution in [3.8, 4) is 0 Å². The average Bonchev–Trinajstić information content (AvgIpc) is 2.78. The Hall–Kier alpha value is -2.47. The van der Waals surface area contributed by atoms with Gasteiger partial charge in [0.25, 0.3) is 0 Å². The summed E-state index contributed by atoms with van der Waals surface area (Å²) in [5, 5.41) is 11.3. The first-order valence-electron chi connectivity index (χ1n) is 11.3. The van der Waals surface area contributed by atoms with Crippen LogP contribution in [0.2, 0.25) is 5.02 Å². The van der Waals surface area contributed by atoms with Crippen molar-refractivity contribution in [2.45, 2.75) is 32.8 Å². The Bertz CT molecular complexity index is 1040. The number of hydrogen-bond acceptors (Lipinski definition) is 5. The third kappa shape index (κ3) is 5.66. The van der Waals surface area contributed by atoms with Gasteiger partial charge in [0.05, 0.1) is 6.10 Å². The third-order valence-corrected chi connectivity index (χ3v) is 6.45. The molecule has 0 saturated carbocycles. The third-order valence-electron chi connectivity index (χ3n) is 6.08. The number of halogens is 1. The number of aryl methyl sites for hydroxylation is 2. The van der Waals surface area contributed by atoms with Crippen molar-refractivity contribution in [3.05, 3.63) is 87.8 Å². The van der Waals surface area contributed by atoms with E-state index in [0.29, 0.717) is 13.0 Å². The van der Waals surface area contributed by atoms with Crippen LogP contribution in [0.25, 0.3) is 0 Å². The van der Waals surface area contributed by atoms with E-state index in [2.05, 4.69) is 39.9 Å². The molecule has 1 atom stereocenters. The molecule has 1 N–H and O–H groups in total. The molecule has 1 fully saturated rings. The molecule has 2 aromatic carbocycles. The second-order valence-electron chi connectivity index (χ2n) is 8.56. The van der Waals surface area contributed by atoms with Crippen LogP contribution >= 0.6 is 11.6 Å². The average molecular weight is 451 g/mol. The van der Waals surface area contributed by atoms with Gasteiger partial charge in [-0.1, -0.05) is 60.1 Å². The van der Waals surface area contributed by atoms with Crippen LogP contribution in [0.1, 0.15) is 28.2 Å². The van der Waals surface area contributed by atoms with Gasteiger partial charge in [-0.3, -0.25) is 4.90 Å². The highest BCUT2D eigenvalue weighted by atomic mass is 35.5. The summed E-state index contributed by atoms with van der Waals surface area (Å²) in [4.78, 5) is 14.2. The minimum atomic E-state index is -0.358. The molecule has 0 amide bonds. The Morgan fingerprint density at radius 3 is 2.34 bits per heavy atom. The van der Waals surface area contributed by atoms with E-state index in [1.165, 1.54) is 5.56 Å². The Morgan fingerprint density at radius 2 is 1.62 bits per heavy atom. The minimum Gasteiger partial charge on any atom is -0.391 e. The van der Waals surface area contributed by atoms with Crippen LogP contribution in [-0.4, -0.2) is 58.8 Å². The Kier molecular flexibility index (Phi) is 7.40. The van der Waals surface area contributed by atoms with Gasteiger partial charge in [-0.05, 0) is 37.5 Å².